The second kappa shape index (κ2) is 17.2. The van der Waals surface area contributed by atoms with Crippen molar-refractivity contribution in [1.82, 2.24) is 9.55 Å². The Morgan fingerprint density at radius 2 is 1.03 bits per heavy atom. The highest BCUT2D eigenvalue weighted by Crippen LogP contribution is 2.51. The Labute approximate surface area is 408 Å². The Morgan fingerprint density at radius 3 is 1.71 bits per heavy atom. The Hall–Kier alpha value is -8.67. The van der Waals surface area contributed by atoms with Crippen LogP contribution in [0.4, 0.5) is 22.7 Å². The summed E-state index contributed by atoms with van der Waals surface area (Å²) in [7, 11) is 0. The largest absolute Gasteiger partial charge is 0.457 e. The van der Waals surface area contributed by atoms with Crippen LogP contribution in [0.25, 0.3) is 72.1 Å². The van der Waals surface area contributed by atoms with Crippen molar-refractivity contribution >= 4 is 44.6 Å². The van der Waals surface area contributed by atoms with E-state index in [0.29, 0.717) is 29.5 Å². The summed E-state index contributed by atoms with van der Waals surface area (Å²) in [6, 6.07) is 76.6. The van der Waals surface area contributed by atoms with E-state index in [1.165, 1.54) is 11.1 Å². The van der Waals surface area contributed by atoms with Gasteiger partial charge in [-0.3, -0.25) is 4.57 Å². The molecule has 0 aliphatic carbocycles. The lowest BCUT2D eigenvalue weighted by Crippen LogP contribution is -2.25. The first kappa shape index (κ1) is 38.4. The highest BCUT2D eigenvalue weighted by atomic mass is 16.5. The molecule has 0 radical (unpaired) electrons. The fourth-order valence-electron chi connectivity index (χ4n) is 9.80. The van der Waals surface area contributed by atoms with Crippen molar-refractivity contribution in [3.8, 4) is 61.8 Å². The smallest absolute Gasteiger partial charge is 0.137 e. The monoisotopic (exact) mass is 893 g/mol. The number of anilines is 4. The van der Waals surface area contributed by atoms with Gasteiger partial charge >= 0.3 is 0 Å². The van der Waals surface area contributed by atoms with Crippen LogP contribution < -0.4 is 14.5 Å². The number of para-hydroxylation sites is 4. The third-order valence-corrected chi connectivity index (χ3v) is 13.2. The molecular weight excluding hydrogens is 841 g/mol. The van der Waals surface area contributed by atoms with Crippen LogP contribution in [0.15, 0.2) is 237 Å². The summed E-state index contributed by atoms with van der Waals surface area (Å²) in [5.41, 5.74) is 15.1. The maximum atomic E-state index is 9.39. The summed E-state index contributed by atoms with van der Waals surface area (Å²) in [5, 5.41) is 1.97. The van der Waals surface area contributed by atoms with Crippen LogP contribution in [0.3, 0.4) is 0 Å². The van der Waals surface area contributed by atoms with E-state index in [4.69, 9.17) is 7.48 Å². The first-order valence-corrected chi connectivity index (χ1v) is 23.5. The van der Waals surface area contributed by atoms with Gasteiger partial charge in [-0.05, 0) is 111 Å². The van der Waals surface area contributed by atoms with E-state index in [1.807, 2.05) is 67.8 Å². The zero-order chi connectivity index (χ0) is 49.1. The summed E-state index contributed by atoms with van der Waals surface area (Å²) >= 11 is 0. The van der Waals surface area contributed by atoms with Crippen molar-refractivity contribution in [3.63, 3.8) is 0 Å². The van der Waals surface area contributed by atoms with Gasteiger partial charge in [-0.2, -0.15) is 0 Å². The number of benzene rings is 9. The van der Waals surface area contributed by atoms with Crippen molar-refractivity contribution in [2.45, 2.75) is 26.2 Å². The number of rotatable bonds is 9. The third-order valence-electron chi connectivity index (χ3n) is 13.2. The Kier molecular flexibility index (Phi) is 9.58. The van der Waals surface area contributed by atoms with Crippen LogP contribution in [0.2, 0.25) is 0 Å². The molecular formula is C64H50N4O. The Morgan fingerprint density at radius 1 is 0.478 bits per heavy atom. The zero-order valence-electron chi connectivity index (χ0n) is 41.7. The molecule has 5 heteroatoms. The molecule has 0 saturated carbocycles. The van der Waals surface area contributed by atoms with Crippen molar-refractivity contribution < 1.29 is 8.85 Å². The molecule has 5 nitrogen and oxygen atoms in total. The molecule has 0 atom stereocenters. The molecule has 12 rings (SSSR count). The van der Waals surface area contributed by atoms with E-state index < -0.39 is 5.41 Å². The molecule has 0 N–H and O–H groups in total. The zero-order valence-corrected chi connectivity index (χ0v) is 38.7. The Bertz CT molecular complexity index is 3760. The molecule has 0 saturated heterocycles. The van der Waals surface area contributed by atoms with Gasteiger partial charge in [0.2, 0.25) is 0 Å². The summed E-state index contributed by atoms with van der Waals surface area (Å²) in [4.78, 5) is 9.40. The van der Waals surface area contributed by atoms with Gasteiger partial charge in [0.25, 0.3) is 0 Å². The molecule has 2 aromatic heterocycles. The summed E-state index contributed by atoms with van der Waals surface area (Å²) in [6.45, 7) is 6.46. The third kappa shape index (κ3) is 7.78. The summed E-state index contributed by atoms with van der Waals surface area (Å²) in [6.07, 6.45) is -0.155. The van der Waals surface area contributed by atoms with Gasteiger partial charge in [-0.25, -0.2) is 4.98 Å². The molecule has 0 spiro atoms. The fourth-order valence-corrected chi connectivity index (χ4v) is 9.80. The van der Waals surface area contributed by atoms with E-state index >= 15 is 0 Å². The SMILES string of the molecule is [2H]c1nc(-n2c3ccccc3c3ccc(Oc4cccc(N5CN(c6c(-c7cccc(-c8ccccc8)c7)cccc6-c6cccc(-c7ccccc7)c6)c6ccccc65)c4)cc32)c([2H])c(C(C)(C)C)c1[2H]. The molecule has 0 bridgehead atoms. The van der Waals surface area contributed by atoms with E-state index in [-0.39, 0.29) is 18.3 Å². The highest BCUT2D eigenvalue weighted by molar-refractivity contribution is 6.09. The molecule has 69 heavy (non-hydrogen) atoms. The molecule has 332 valence electrons. The lowest BCUT2D eigenvalue weighted by atomic mass is 9.88. The minimum Gasteiger partial charge on any atom is -0.457 e. The summed E-state index contributed by atoms with van der Waals surface area (Å²) in [5.74, 6) is 1.61. The molecule has 0 amide bonds. The van der Waals surface area contributed by atoms with Gasteiger partial charge in [-0.1, -0.05) is 172 Å². The molecule has 1 aliphatic rings. The molecule has 11 aromatic rings. The van der Waals surface area contributed by atoms with Crippen molar-refractivity contribution in [2.24, 2.45) is 0 Å². The molecule has 1 aliphatic heterocycles. The normalized spacial score (nSPS) is 13.1. The quantitative estimate of drug-likeness (QED) is 0.145. The average Bonchev–Trinajstić information content (AvgIpc) is 3.96. The summed E-state index contributed by atoms with van der Waals surface area (Å²) < 4.78 is 35.6. The number of nitrogens with zero attached hydrogens (tertiary/aromatic N) is 4. The first-order valence-electron chi connectivity index (χ1n) is 25.0. The van der Waals surface area contributed by atoms with Gasteiger partial charge in [-0.15, -0.1) is 0 Å². The molecule has 3 heterocycles. The van der Waals surface area contributed by atoms with Crippen LogP contribution in [-0.4, -0.2) is 16.2 Å². The number of fused-ring (bicyclic) bond motifs is 4. The lowest BCUT2D eigenvalue weighted by Gasteiger charge is -2.27. The number of ether oxygens (including phenoxy) is 1. The first-order chi connectivity index (χ1) is 35.1. The highest BCUT2D eigenvalue weighted by Gasteiger charge is 2.32. The maximum absolute atomic E-state index is 9.39. The standard InChI is InChI=1S/C64H50N4O/c1-64(2,3)50-36-37-65-62(40-50)68-58-31-11-10-28-56(58)57-35-34-53(42-61(57)68)69-52-27-16-26-51(41-52)66-43-67(60-33-13-12-32-59(60)66)63-54(48-24-14-22-46(38-48)44-18-6-4-7-19-44)29-17-30-55(63)49-25-15-23-47(39-49)45-20-8-5-9-21-45/h4-42H,43H2,1-3H3/i36D,37D,40D. The van der Waals surface area contributed by atoms with E-state index in [2.05, 4.69) is 191 Å². The molecule has 9 aromatic carbocycles. The van der Waals surface area contributed by atoms with Crippen molar-refractivity contribution in [2.75, 3.05) is 16.5 Å². The minimum absolute atomic E-state index is 0.0171. The second-order valence-corrected chi connectivity index (χ2v) is 18.6. The van der Waals surface area contributed by atoms with E-state index in [1.54, 1.807) is 0 Å². The van der Waals surface area contributed by atoms with Crippen LogP contribution in [0.1, 0.15) is 30.4 Å². The average molecular weight is 894 g/mol. The van der Waals surface area contributed by atoms with Crippen LogP contribution in [0.5, 0.6) is 11.5 Å². The van der Waals surface area contributed by atoms with Gasteiger partial charge in [0, 0.05) is 45.9 Å². The number of aromatic nitrogens is 2. The lowest BCUT2D eigenvalue weighted by molar-refractivity contribution is 0.483. The van der Waals surface area contributed by atoms with E-state index in [9.17, 15) is 1.37 Å². The van der Waals surface area contributed by atoms with Crippen LogP contribution >= 0.6 is 0 Å². The van der Waals surface area contributed by atoms with Crippen molar-refractivity contribution in [3.05, 3.63) is 242 Å². The number of hydrogen-bond acceptors (Lipinski definition) is 4. The molecule has 0 fully saturated rings. The number of pyridine rings is 1. The fraction of sp³-hybridized carbons (Fsp3) is 0.0781. The van der Waals surface area contributed by atoms with Crippen LogP contribution in [0, 0.1) is 0 Å². The van der Waals surface area contributed by atoms with E-state index in [0.717, 1.165) is 77.9 Å². The van der Waals surface area contributed by atoms with Gasteiger partial charge in [0.05, 0.1) is 32.2 Å². The predicted octanol–water partition coefficient (Wildman–Crippen LogP) is 17.2. The minimum atomic E-state index is -0.540. The Balaban J connectivity index is 0.948. The topological polar surface area (TPSA) is 33.5 Å². The second-order valence-electron chi connectivity index (χ2n) is 18.6. The van der Waals surface area contributed by atoms with Crippen LogP contribution in [-0.2, 0) is 5.41 Å². The van der Waals surface area contributed by atoms with Gasteiger partial charge in [0.1, 0.15) is 24.0 Å². The molecule has 0 unspecified atom stereocenters. The predicted molar refractivity (Wildman–Crippen MR) is 288 cm³/mol. The van der Waals surface area contributed by atoms with Gasteiger partial charge < -0.3 is 14.5 Å². The maximum Gasteiger partial charge on any atom is 0.137 e. The number of hydrogen-bond donors (Lipinski definition) is 0. The van der Waals surface area contributed by atoms with Crippen molar-refractivity contribution in [1.29, 1.82) is 0 Å². The van der Waals surface area contributed by atoms with Gasteiger partial charge in [0.15, 0.2) is 0 Å².